The third-order valence-electron chi connectivity index (χ3n) is 6.77. The molecule has 1 aliphatic carbocycles. The van der Waals surface area contributed by atoms with Crippen molar-refractivity contribution in [3.63, 3.8) is 0 Å². The number of fused-ring (bicyclic) bond motifs is 1. The normalized spacial score (nSPS) is 20.0. The molecule has 1 fully saturated rings. The van der Waals surface area contributed by atoms with Gasteiger partial charge in [-0.2, -0.15) is 5.26 Å². The molecular weight excluding hydrogens is 434 g/mol. The lowest BCUT2D eigenvalue weighted by molar-refractivity contribution is -0.131. The summed E-state index contributed by atoms with van der Waals surface area (Å²) in [7, 11) is 0. The van der Waals surface area contributed by atoms with E-state index < -0.39 is 0 Å². The van der Waals surface area contributed by atoms with Crippen molar-refractivity contribution in [2.45, 2.75) is 50.9 Å². The van der Waals surface area contributed by atoms with Gasteiger partial charge in [0.25, 0.3) is 0 Å². The minimum Gasteiger partial charge on any atom is -0.334 e. The number of nitrogens with zero attached hydrogens (tertiary/aromatic N) is 4. The Labute approximate surface area is 198 Å². The number of rotatable bonds is 6. The van der Waals surface area contributed by atoms with Crippen LogP contribution in [0.3, 0.4) is 0 Å². The maximum Gasteiger partial charge on any atom is 0.240 e. The molecule has 2 atom stereocenters. The molecule has 2 aliphatic rings. The summed E-state index contributed by atoms with van der Waals surface area (Å²) < 4.78 is 2.07. The third-order valence-corrected chi connectivity index (χ3v) is 7.01. The maximum absolute atomic E-state index is 13.3. The van der Waals surface area contributed by atoms with Crippen molar-refractivity contribution in [3.05, 3.63) is 88.0 Å². The lowest BCUT2D eigenvalue weighted by Crippen LogP contribution is -2.40. The molecule has 1 aliphatic heterocycles. The number of nitrogens with one attached hydrogen (secondary N) is 1. The Morgan fingerprint density at radius 3 is 2.85 bits per heavy atom. The number of benzene rings is 2. The summed E-state index contributed by atoms with van der Waals surface area (Å²) in [5, 5.41) is 13.2. The first-order valence-electron chi connectivity index (χ1n) is 11.4. The molecule has 6 nitrogen and oxygen atoms in total. The number of hydrogen-bond acceptors (Lipinski definition) is 4. The quantitative estimate of drug-likeness (QED) is 0.598. The van der Waals surface area contributed by atoms with Crippen LogP contribution in [0.5, 0.6) is 0 Å². The number of aryl methyl sites for hydroxylation is 1. The predicted molar refractivity (Wildman–Crippen MR) is 127 cm³/mol. The Bertz CT molecular complexity index is 1200. The van der Waals surface area contributed by atoms with E-state index in [1.807, 2.05) is 47.5 Å². The van der Waals surface area contributed by atoms with Crippen LogP contribution in [0.4, 0.5) is 0 Å². The SMILES string of the molecule is N#Cc1ccc(Cn2cncc2CN[C@H]2CCN([C@@H]3CCCc4ccc(Cl)cc43)C2=O)cc1. The zero-order valence-electron chi connectivity index (χ0n) is 18.4. The highest BCUT2D eigenvalue weighted by atomic mass is 35.5. The smallest absolute Gasteiger partial charge is 0.240 e. The van der Waals surface area contributed by atoms with Gasteiger partial charge in [0.05, 0.1) is 35.7 Å². The molecule has 7 heteroatoms. The molecule has 0 radical (unpaired) electrons. The molecule has 2 heterocycles. The molecular formula is C26H26ClN5O. The van der Waals surface area contributed by atoms with E-state index >= 15 is 0 Å². The molecule has 0 spiro atoms. The van der Waals surface area contributed by atoms with Gasteiger partial charge in [0.1, 0.15) is 0 Å². The summed E-state index contributed by atoms with van der Waals surface area (Å²) in [5.41, 5.74) is 5.31. The predicted octanol–water partition coefficient (Wildman–Crippen LogP) is 4.22. The molecule has 33 heavy (non-hydrogen) atoms. The summed E-state index contributed by atoms with van der Waals surface area (Å²) in [5.74, 6) is 0.172. The molecule has 3 aromatic rings. The van der Waals surface area contributed by atoms with Gasteiger partial charge in [-0.3, -0.25) is 4.79 Å². The van der Waals surface area contributed by atoms with E-state index in [2.05, 4.69) is 27.0 Å². The number of carbonyl (C=O) groups is 1. The lowest BCUT2D eigenvalue weighted by Gasteiger charge is -2.33. The van der Waals surface area contributed by atoms with E-state index in [-0.39, 0.29) is 18.0 Å². The number of carbonyl (C=O) groups excluding carboxylic acids is 1. The monoisotopic (exact) mass is 459 g/mol. The van der Waals surface area contributed by atoms with Crippen molar-refractivity contribution in [1.82, 2.24) is 19.8 Å². The van der Waals surface area contributed by atoms with Gasteiger partial charge in [-0.25, -0.2) is 4.98 Å². The number of likely N-dealkylation sites (tertiary alicyclic amines) is 1. The Balaban J connectivity index is 1.23. The summed E-state index contributed by atoms with van der Waals surface area (Å²) in [6.45, 7) is 2.01. The van der Waals surface area contributed by atoms with E-state index in [0.29, 0.717) is 18.7 Å². The second-order valence-electron chi connectivity index (χ2n) is 8.83. The highest BCUT2D eigenvalue weighted by molar-refractivity contribution is 6.30. The average Bonchev–Trinajstić information content (AvgIpc) is 3.43. The van der Waals surface area contributed by atoms with Gasteiger partial charge in [-0.05, 0) is 66.6 Å². The first kappa shape index (κ1) is 21.7. The van der Waals surface area contributed by atoms with Crippen molar-refractivity contribution in [2.24, 2.45) is 0 Å². The number of nitriles is 1. The van der Waals surface area contributed by atoms with Crippen LogP contribution in [0.1, 0.15) is 53.3 Å². The molecule has 0 unspecified atom stereocenters. The van der Waals surface area contributed by atoms with Crippen LogP contribution in [-0.4, -0.2) is 32.9 Å². The van der Waals surface area contributed by atoms with Crippen LogP contribution in [-0.2, 0) is 24.3 Å². The maximum atomic E-state index is 13.3. The first-order valence-corrected chi connectivity index (χ1v) is 11.8. The Kier molecular flexibility index (Phi) is 6.17. The van der Waals surface area contributed by atoms with Gasteiger partial charge in [0.15, 0.2) is 0 Å². The van der Waals surface area contributed by atoms with Crippen LogP contribution < -0.4 is 5.32 Å². The number of aromatic nitrogens is 2. The number of imidazole rings is 1. The minimum absolute atomic E-state index is 0.119. The average molecular weight is 460 g/mol. The molecule has 168 valence electrons. The van der Waals surface area contributed by atoms with E-state index in [9.17, 15) is 4.79 Å². The molecule has 2 aromatic carbocycles. The van der Waals surface area contributed by atoms with E-state index in [1.54, 1.807) is 6.33 Å². The molecule has 1 amide bonds. The highest BCUT2D eigenvalue weighted by Crippen LogP contribution is 2.37. The fraction of sp³-hybridized carbons (Fsp3) is 0.346. The Hall–Kier alpha value is -3.14. The topological polar surface area (TPSA) is 74.0 Å². The van der Waals surface area contributed by atoms with Crippen LogP contribution in [0.2, 0.25) is 5.02 Å². The molecule has 1 N–H and O–H groups in total. The van der Waals surface area contributed by atoms with Gasteiger partial charge in [-0.1, -0.05) is 29.8 Å². The van der Waals surface area contributed by atoms with E-state index in [0.717, 1.165) is 48.5 Å². The largest absolute Gasteiger partial charge is 0.334 e. The van der Waals surface area contributed by atoms with Crippen molar-refractivity contribution in [1.29, 1.82) is 5.26 Å². The summed E-state index contributed by atoms with van der Waals surface area (Å²) in [6, 6.07) is 15.7. The van der Waals surface area contributed by atoms with E-state index in [1.165, 1.54) is 11.1 Å². The van der Waals surface area contributed by atoms with Gasteiger partial charge in [0.2, 0.25) is 5.91 Å². The Morgan fingerprint density at radius 1 is 1.18 bits per heavy atom. The molecule has 0 saturated carbocycles. The summed E-state index contributed by atoms with van der Waals surface area (Å²) in [6.07, 6.45) is 7.58. The molecule has 1 saturated heterocycles. The van der Waals surface area contributed by atoms with Gasteiger partial charge >= 0.3 is 0 Å². The number of hydrogen-bond donors (Lipinski definition) is 1. The second kappa shape index (κ2) is 9.38. The van der Waals surface area contributed by atoms with Gasteiger partial charge in [0, 0.05) is 30.9 Å². The van der Waals surface area contributed by atoms with Gasteiger partial charge < -0.3 is 14.8 Å². The van der Waals surface area contributed by atoms with Crippen LogP contribution >= 0.6 is 11.6 Å². The summed E-state index contributed by atoms with van der Waals surface area (Å²) in [4.78, 5) is 19.6. The zero-order chi connectivity index (χ0) is 22.8. The zero-order valence-corrected chi connectivity index (χ0v) is 19.1. The third kappa shape index (κ3) is 4.52. The minimum atomic E-state index is -0.187. The second-order valence-corrected chi connectivity index (χ2v) is 9.26. The molecule has 1 aromatic heterocycles. The number of amides is 1. The van der Waals surface area contributed by atoms with Crippen molar-refractivity contribution >= 4 is 17.5 Å². The standard InChI is InChI=1S/C26H26ClN5O/c27-21-9-8-20-2-1-3-25(23(20)12-21)32-11-10-24(26(32)33)30-15-22-14-29-17-31(22)16-19-6-4-18(13-28)5-7-19/h4-9,12,14,17,24-25,30H,1-3,10-11,15-16H2/t24-,25+/m0/s1. The van der Waals surface area contributed by atoms with Crippen molar-refractivity contribution in [2.75, 3.05) is 6.54 Å². The number of halogens is 1. The van der Waals surface area contributed by atoms with Crippen molar-refractivity contribution < 1.29 is 4.79 Å². The van der Waals surface area contributed by atoms with Crippen LogP contribution in [0, 0.1) is 11.3 Å². The highest BCUT2D eigenvalue weighted by Gasteiger charge is 2.37. The Morgan fingerprint density at radius 2 is 2.03 bits per heavy atom. The van der Waals surface area contributed by atoms with Crippen molar-refractivity contribution in [3.8, 4) is 6.07 Å². The molecule has 0 bridgehead atoms. The molecule has 5 rings (SSSR count). The fourth-order valence-corrected chi connectivity index (χ4v) is 5.20. The summed E-state index contributed by atoms with van der Waals surface area (Å²) >= 11 is 6.27. The first-order chi connectivity index (χ1) is 16.1. The lowest BCUT2D eigenvalue weighted by atomic mass is 9.87. The van der Waals surface area contributed by atoms with E-state index in [4.69, 9.17) is 16.9 Å². The van der Waals surface area contributed by atoms with Gasteiger partial charge in [-0.15, -0.1) is 0 Å². The van der Waals surface area contributed by atoms with Crippen LogP contribution in [0.25, 0.3) is 0 Å². The fourth-order valence-electron chi connectivity index (χ4n) is 5.02. The van der Waals surface area contributed by atoms with Crippen LogP contribution in [0.15, 0.2) is 55.0 Å².